The van der Waals surface area contributed by atoms with E-state index < -0.39 is 0 Å². The molecule has 0 amide bonds. The van der Waals surface area contributed by atoms with Crippen LogP contribution in [0.5, 0.6) is 0 Å². The summed E-state index contributed by atoms with van der Waals surface area (Å²) in [5.41, 5.74) is 7.92. The van der Waals surface area contributed by atoms with E-state index in [4.69, 9.17) is 0 Å². The van der Waals surface area contributed by atoms with Gasteiger partial charge in [-0.25, -0.2) is 0 Å². The van der Waals surface area contributed by atoms with Crippen molar-refractivity contribution < 1.29 is 0 Å². The van der Waals surface area contributed by atoms with Crippen molar-refractivity contribution in [3.8, 4) is 22.5 Å². The zero-order valence-corrected chi connectivity index (χ0v) is 16.5. The first-order valence-electron chi connectivity index (χ1n) is 10.0. The fourth-order valence-corrected chi connectivity index (χ4v) is 4.13. The minimum atomic E-state index is 0.543. The molecular weight excluding hydrogens is 360 g/mol. The third-order valence-electron chi connectivity index (χ3n) is 5.66. The van der Waals surface area contributed by atoms with Crippen LogP contribution < -0.4 is 0 Å². The molecule has 1 aromatic carbocycles. The van der Waals surface area contributed by atoms with Crippen LogP contribution in [0.15, 0.2) is 60.9 Å². The molecule has 29 heavy (non-hydrogen) atoms. The lowest BCUT2D eigenvalue weighted by atomic mass is 9.97. The average Bonchev–Trinajstić information content (AvgIpc) is 3.51. The van der Waals surface area contributed by atoms with Crippen LogP contribution in [0.25, 0.3) is 22.5 Å². The second-order valence-electron chi connectivity index (χ2n) is 7.79. The molecule has 1 aliphatic heterocycles. The Morgan fingerprint density at radius 3 is 2.62 bits per heavy atom. The van der Waals surface area contributed by atoms with Crippen LogP contribution in [0.3, 0.4) is 0 Å². The van der Waals surface area contributed by atoms with Crippen LogP contribution in [0, 0.1) is 6.92 Å². The number of hydrogen-bond donors (Lipinski definition) is 2. The number of hydrogen-bond acceptors (Lipinski definition) is 4. The summed E-state index contributed by atoms with van der Waals surface area (Å²) in [7, 11) is 0. The number of H-pyrrole nitrogens is 2. The molecule has 5 rings (SSSR count). The molecule has 2 N–H and O–H groups in total. The quantitative estimate of drug-likeness (QED) is 0.542. The first-order chi connectivity index (χ1) is 14.2. The smallest absolute Gasteiger partial charge is 0.0765 e. The second-order valence-corrected chi connectivity index (χ2v) is 7.79. The maximum Gasteiger partial charge on any atom is 0.0765 e. The Morgan fingerprint density at radius 1 is 1.00 bits per heavy atom. The Kier molecular flexibility index (Phi) is 4.69. The van der Waals surface area contributed by atoms with Crippen molar-refractivity contribution in [2.24, 2.45) is 0 Å². The number of benzene rings is 1. The minimum absolute atomic E-state index is 0.543. The zero-order chi connectivity index (χ0) is 19.6. The van der Waals surface area contributed by atoms with E-state index in [1.54, 1.807) is 6.20 Å². The topological polar surface area (TPSA) is 73.5 Å². The third-order valence-corrected chi connectivity index (χ3v) is 5.66. The SMILES string of the molecule is Cc1cc(CN2CCC(c3ccnc(-c4ccc(-c5ccn[nH]5)cc4)c3)C2)n[nH]1. The number of aromatic nitrogens is 5. The fourth-order valence-electron chi connectivity index (χ4n) is 4.13. The van der Waals surface area contributed by atoms with E-state index in [1.165, 1.54) is 12.0 Å². The third kappa shape index (κ3) is 3.84. The predicted octanol–water partition coefficient (Wildman–Crippen LogP) is 4.16. The Hall–Kier alpha value is -3.25. The molecule has 1 fully saturated rings. The first-order valence-corrected chi connectivity index (χ1v) is 10.0. The molecule has 4 aromatic rings. The van der Waals surface area contributed by atoms with E-state index in [0.29, 0.717) is 5.92 Å². The van der Waals surface area contributed by atoms with Gasteiger partial charge < -0.3 is 0 Å². The highest BCUT2D eigenvalue weighted by atomic mass is 15.2. The molecule has 1 saturated heterocycles. The number of rotatable bonds is 5. The molecule has 4 heterocycles. The van der Waals surface area contributed by atoms with Gasteiger partial charge in [-0.15, -0.1) is 0 Å². The number of likely N-dealkylation sites (tertiary alicyclic amines) is 1. The Bertz CT molecular complexity index is 1080. The lowest BCUT2D eigenvalue weighted by molar-refractivity contribution is 0.322. The lowest BCUT2D eigenvalue weighted by Gasteiger charge is -2.15. The number of aryl methyl sites for hydroxylation is 1. The molecule has 146 valence electrons. The highest BCUT2D eigenvalue weighted by molar-refractivity contribution is 5.66. The van der Waals surface area contributed by atoms with E-state index in [1.807, 2.05) is 19.2 Å². The molecule has 3 aromatic heterocycles. The van der Waals surface area contributed by atoms with Crippen LogP contribution in [0.1, 0.15) is 29.3 Å². The van der Waals surface area contributed by atoms with Gasteiger partial charge in [0.05, 0.1) is 17.1 Å². The van der Waals surface area contributed by atoms with E-state index in [0.717, 1.165) is 53.5 Å². The van der Waals surface area contributed by atoms with Crippen LogP contribution >= 0.6 is 0 Å². The van der Waals surface area contributed by atoms with Crippen molar-refractivity contribution in [2.45, 2.75) is 25.8 Å². The van der Waals surface area contributed by atoms with Gasteiger partial charge >= 0.3 is 0 Å². The van der Waals surface area contributed by atoms with Gasteiger partial charge in [0, 0.05) is 36.7 Å². The van der Waals surface area contributed by atoms with E-state index >= 15 is 0 Å². The van der Waals surface area contributed by atoms with Crippen molar-refractivity contribution >= 4 is 0 Å². The number of aromatic amines is 2. The van der Waals surface area contributed by atoms with Gasteiger partial charge in [0.1, 0.15) is 0 Å². The fraction of sp³-hybridized carbons (Fsp3) is 0.261. The Morgan fingerprint density at radius 2 is 1.86 bits per heavy atom. The molecule has 1 atom stereocenters. The maximum atomic E-state index is 4.62. The largest absolute Gasteiger partial charge is 0.297 e. The summed E-state index contributed by atoms with van der Waals surface area (Å²) in [5, 5.41) is 14.4. The lowest BCUT2D eigenvalue weighted by Crippen LogP contribution is -2.20. The predicted molar refractivity (Wildman–Crippen MR) is 113 cm³/mol. The Labute approximate surface area is 170 Å². The summed E-state index contributed by atoms with van der Waals surface area (Å²) in [6.45, 7) is 5.12. The molecule has 0 saturated carbocycles. The molecule has 1 unspecified atom stereocenters. The van der Waals surface area contributed by atoms with Crippen molar-refractivity contribution in [3.05, 3.63) is 77.9 Å². The van der Waals surface area contributed by atoms with Crippen LogP contribution in [-0.4, -0.2) is 43.4 Å². The molecule has 0 radical (unpaired) electrons. The van der Waals surface area contributed by atoms with Gasteiger partial charge in [-0.05, 0) is 61.2 Å². The van der Waals surface area contributed by atoms with E-state index in [2.05, 4.69) is 72.7 Å². The number of pyridine rings is 1. The molecule has 0 spiro atoms. The van der Waals surface area contributed by atoms with Gasteiger partial charge in [-0.3, -0.25) is 20.1 Å². The van der Waals surface area contributed by atoms with Gasteiger partial charge in [-0.2, -0.15) is 10.2 Å². The van der Waals surface area contributed by atoms with Crippen LogP contribution in [0.2, 0.25) is 0 Å². The number of nitrogens with zero attached hydrogens (tertiary/aromatic N) is 4. The summed E-state index contributed by atoms with van der Waals surface area (Å²) >= 11 is 0. The van der Waals surface area contributed by atoms with Crippen molar-refractivity contribution in [2.75, 3.05) is 13.1 Å². The molecular formula is C23H24N6. The van der Waals surface area contributed by atoms with Gasteiger partial charge in [0.2, 0.25) is 0 Å². The van der Waals surface area contributed by atoms with Gasteiger partial charge in [0.25, 0.3) is 0 Å². The zero-order valence-electron chi connectivity index (χ0n) is 16.5. The monoisotopic (exact) mass is 384 g/mol. The summed E-state index contributed by atoms with van der Waals surface area (Å²) in [5.74, 6) is 0.543. The summed E-state index contributed by atoms with van der Waals surface area (Å²) < 4.78 is 0. The normalized spacial score (nSPS) is 17.1. The van der Waals surface area contributed by atoms with Crippen molar-refractivity contribution in [3.63, 3.8) is 0 Å². The maximum absolute atomic E-state index is 4.62. The summed E-state index contributed by atoms with van der Waals surface area (Å²) in [6, 6.07) is 17.0. The first kappa shape index (κ1) is 17.8. The summed E-state index contributed by atoms with van der Waals surface area (Å²) in [4.78, 5) is 7.10. The highest BCUT2D eigenvalue weighted by Crippen LogP contribution is 2.30. The van der Waals surface area contributed by atoms with Crippen molar-refractivity contribution in [1.82, 2.24) is 30.3 Å². The average molecular weight is 384 g/mol. The van der Waals surface area contributed by atoms with Crippen molar-refractivity contribution in [1.29, 1.82) is 0 Å². The molecule has 6 heteroatoms. The van der Waals surface area contributed by atoms with Crippen LogP contribution in [0.4, 0.5) is 0 Å². The minimum Gasteiger partial charge on any atom is -0.297 e. The second kappa shape index (κ2) is 7.64. The van der Waals surface area contributed by atoms with Crippen LogP contribution in [-0.2, 0) is 6.54 Å². The Balaban J connectivity index is 1.30. The highest BCUT2D eigenvalue weighted by Gasteiger charge is 2.24. The molecule has 0 aliphatic carbocycles. The van der Waals surface area contributed by atoms with Gasteiger partial charge in [0.15, 0.2) is 0 Å². The van der Waals surface area contributed by atoms with Gasteiger partial charge in [-0.1, -0.05) is 24.3 Å². The summed E-state index contributed by atoms with van der Waals surface area (Å²) in [6.07, 6.45) is 4.88. The van der Waals surface area contributed by atoms with E-state index in [-0.39, 0.29) is 0 Å². The number of nitrogens with one attached hydrogen (secondary N) is 2. The molecule has 6 nitrogen and oxygen atoms in total. The molecule has 1 aliphatic rings. The standard InChI is InChI=1S/C23H24N6/c1-16-12-21(27-26-16)15-29-11-8-20(14-29)19-6-9-24-23(13-19)18-4-2-17(3-5-18)22-7-10-25-28-22/h2-7,9-10,12-13,20H,8,11,14-15H2,1H3,(H,25,28)(H,26,27). The van der Waals surface area contributed by atoms with E-state index in [9.17, 15) is 0 Å². The molecule has 0 bridgehead atoms.